The first kappa shape index (κ1) is 19.2. The molecule has 6 heteroatoms. The Bertz CT molecular complexity index is 909. The second kappa shape index (κ2) is 7.82. The third-order valence-corrected chi connectivity index (χ3v) is 6.88. The zero-order valence-electron chi connectivity index (χ0n) is 17.2. The van der Waals surface area contributed by atoms with Gasteiger partial charge in [0.25, 0.3) is 5.91 Å². The molecule has 3 aliphatic rings. The summed E-state index contributed by atoms with van der Waals surface area (Å²) in [5.74, 6) is 1.64. The van der Waals surface area contributed by atoms with Gasteiger partial charge in [0.1, 0.15) is 11.4 Å². The number of furan rings is 1. The van der Waals surface area contributed by atoms with Gasteiger partial charge in [-0.2, -0.15) is 0 Å². The first-order valence-electron chi connectivity index (χ1n) is 11.0. The summed E-state index contributed by atoms with van der Waals surface area (Å²) in [5, 5.41) is 0. The molecule has 0 saturated carbocycles. The van der Waals surface area contributed by atoms with Crippen molar-refractivity contribution in [1.82, 2.24) is 9.80 Å². The predicted molar refractivity (Wildman–Crippen MR) is 111 cm³/mol. The predicted octanol–water partition coefficient (Wildman–Crippen LogP) is 3.83. The highest BCUT2D eigenvalue weighted by Gasteiger charge is 2.44. The number of hydrogen-bond donors (Lipinski definition) is 0. The van der Waals surface area contributed by atoms with Crippen molar-refractivity contribution in [2.75, 3.05) is 26.2 Å². The highest BCUT2D eigenvalue weighted by molar-refractivity contribution is 5.91. The van der Waals surface area contributed by atoms with Gasteiger partial charge in [0, 0.05) is 51.4 Å². The molecule has 1 aromatic carbocycles. The molecule has 0 N–H and O–H groups in total. The van der Waals surface area contributed by atoms with Gasteiger partial charge in [-0.25, -0.2) is 0 Å². The summed E-state index contributed by atoms with van der Waals surface area (Å²) < 4.78 is 11.8. The maximum Gasteiger partial charge on any atom is 0.289 e. The van der Waals surface area contributed by atoms with E-state index in [-0.39, 0.29) is 23.3 Å². The molecule has 2 saturated heterocycles. The molecule has 5 rings (SSSR count). The molecule has 2 aromatic rings. The van der Waals surface area contributed by atoms with Crippen LogP contribution < -0.4 is 4.74 Å². The van der Waals surface area contributed by atoms with Gasteiger partial charge in [-0.3, -0.25) is 9.59 Å². The number of nitrogens with zero attached hydrogens (tertiary/aromatic N) is 2. The summed E-state index contributed by atoms with van der Waals surface area (Å²) >= 11 is 0. The standard InChI is InChI=1S/C24H28N2O4/c27-22(25-11-3-4-12-25)16-18-17-24(30-20-7-2-1-6-19(18)20)9-13-26(14-10-24)23(28)21-8-5-15-29-21/h1-2,5-8,15,18H,3-4,9-14,16-17H2/t18-/m0/s1. The molecule has 1 aromatic heterocycles. The summed E-state index contributed by atoms with van der Waals surface area (Å²) in [6, 6.07) is 11.6. The average molecular weight is 408 g/mol. The van der Waals surface area contributed by atoms with Crippen LogP contribution in [0, 0.1) is 0 Å². The largest absolute Gasteiger partial charge is 0.487 e. The highest BCUT2D eigenvalue weighted by atomic mass is 16.5. The van der Waals surface area contributed by atoms with Gasteiger partial charge in [0.2, 0.25) is 5.91 Å². The summed E-state index contributed by atoms with van der Waals surface area (Å²) in [7, 11) is 0. The van der Waals surface area contributed by atoms with Gasteiger partial charge >= 0.3 is 0 Å². The van der Waals surface area contributed by atoms with Crippen LogP contribution in [0.15, 0.2) is 47.1 Å². The Morgan fingerprint density at radius 2 is 1.73 bits per heavy atom. The lowest BCUT2D eigenvalue weighted by molar-refractivity contribution is -0.131. The number of hydrogen-bond acceptors (Lipinski definition) is 4. The lowest BCUT2D eigenvalue weighted by Crippen LogP contribution is -2.52. The molecule has 0 radical (unpaired) electrons. The lowest BCUT2D eigenvalue weighted by Gasteiger charge is -2.47. The van der Waals surface area contributed by atoms with E-state index in [1.54, 1.807) is 12.1 Å². The quantitative estimate of drug-likeness (QED) is 0.774. The second-order valence-corrected chi connectivity index (χ2v) is 8.79. The number of para-hydroxylation sites is 1. The topological polar surface area (TPSA) is 63.0 Å². The lowest BCUT2D eigenvalue weighted by atomic mass is 9.76. The summed E-state index contributed by atoms with van der Waals surface area (Å²) in [6.45, 7) is 3.04. The van der Waals surface area contributed by atoms with Crippen molar-refractivity contribution in [2.45, 2.75) is 50.0 Å². The minimum Gasteiger partial charge on any atom is -0.487 e. The average Bonchev–Trinajstić information content (AvgIpc) is 3.48. The number of carbonyl (C=O) groups is 2. The van der Waals surface area contributed by atoms with Crippen LogP contribution in [0.1, 0.15) is 60.6 Å². The number of rotatable bonds is 3. The maximum absolute atomic E-state index is 12.9. The van der Waals surface area contributed by atoms with Crippen LogP contribution >= 0.6 is 0 Å². The second-order valence-electron chi connectivity index (χ2n) is 8.79. The smallest absolute Gasteiger partial charge is 0.289 e. The molecule has 2 amide bonds. The summed E-state index contributed by atoms with van der Waals surface area (Å²) in [5.41, 5.74) is 0.828. The van der Waals surface area contributed by atoms with Gasteiger partial charge in [0.15, 0.2) is 5.76 Å². The molecule has 1 spiro atoms. The van der Waals surface area contributed by atoms with E-state index in [1.807, 2.05) is 28.0 Å². The number of benzene rings is 1. The molecule has 0 bridgehead atoms. The highest BCUT2D eigenvalue weighted by Crippen LogP contribution is 2.46. The normalized spacial score (nSPS) is 22.6. The number of fused-ring (bicyclic) bond motifs is 1. The van der Waals surface area contributed by atoms with Crippen molar-refractivity contribution in [1.29, 1.82) is 0 Å². The fourth-order valence-electron chi connectivity index (χ4n) is 5.21. The number of ether oxygens (including phenoxy) is 1. The van der Waals surface area contributed by atoms with E-state index in [2.05, 4.69) is 6.07 Å². The fraction of sp³-hybridized carbons (Fsp3) is 0.500. The van der Waals surface area contributed by atoms with Crippen LogP contribution in [0.2, 0.25) is 0 Å². The SMILES string of the molecule is O=C(C[C@H]1CC2(CCN(C(=O)c3ccco3)CC2)Oc2ccccc21)N1CCCC1. The van der Waals surface area contributed by atoms with Gasteiger partial charge in [-0.05, 0) is 43.0 Å². The van der Waals surface area contributed by atoms with Crippen LogP contribution in [-0.2, 0) is 4.79 Å². The number of amides is 2. The van der Waals surface area contributed by atoms with Crippen LogP contribution in [0.25, 0.3) is 0 Å². The molecule has 30 heavy (non-hydrogen) atoms. The van der Waals surface area contributed by atoms with Crippen molar-refractivity contribution in [3.8, 4) is 5.75 Å². The zero-order valence-corrected chi connectivity index (χ0v) is 17.2. The van der Waals surface area contributed by atoms with Crippen LogP contribution in [0.3, 0.4) is 0 Å². The van der Waals surface area contributed by atoms with Crippen LogP contribution in [-0.4, -0.2) is 53.4 Å². The van der Waals surface area contributed by atoms with Crippen LogP contribution in [0.5, 0.6) is 5.75 Å². The summed E-state index contributed by atoms with van der Waals surface area (Å²) in [4.78, 5) is 29.4. The first-order chi connectivity index (χ1) is 14.6. The minimum atomic E-state index is -0.315. The molecule has 3 aliphatic heterocycles. The maximum atomic E-state index is 12.9. The fourth-order valence-corrected chi connectivity index (χ4v) is 5.21. The van der Waals surface area contributed by atoms with Crippen LogP contribution in [0.4, 0.5) is 0 Å². The molecule has 0 unspecified atom stereocenters. The van der Waals surface area contributed by atoms with E-state index >= 15 is 0 Å². The Hall–Kier alpha value is -2.76. The third-order valence-electron chi connectivity index (χ3n) is 6.88. The number of piperidine rings is 1. The van der Waals surface area contributed by atoms with Crippen molar-refractivity contribution in [3.05, 3.63) is 54.0 Å². The molecular formula is C24H28N2O4. The van der Waals surface area contributed by atoms with Gasteiger partial charge in [0.05, 0.1) is 6.26 Å². The molecule has 4 heterocycles. The van der Waals surface area contributed by atoms with Gasteiger partial charge < -0.3 is 19.0 Å². The third kappa shape index (κ3) is 3.59. The first-order valence-corrected chi connectivity index (χ1v) is 11.0. The number of likely N-dealkylation sites (tertiary alicyclic amines) is 2. The molecular weight excluding hydrogens is 380 g/mol. The molecule has 158 valence electrons. The molecule has 0 aliphatic carbocycles. The molecule has 6 nitrogen and oxygen atoms in total. The minimum absolute atomic E-state index is 0.0631. The zero-order chi connectivity index (χ0) is 20.6. The van der Waals surface area contributed by atoms with Gasteiger partial charge in [-0.1, -0.05) is 18.2 Å². The Balaban J connectivity index is 1.31. The van der Waals surface area contributed by atoms with Crippen molar-refractivity contribution in [3.63, 3.8) is 0 Å². The van der Waals surface area contributed by atoms with E-state index in [4.69, 9.17) is 9.15 Å². The Kier molecular flexibility index (Phi) is 5.01. The van der Waals surface area contributed by atoms with E-state index in [0.29, 0.717) is 25.3 Å². The Morgan fingerprint density at radius 3 is 2.47 bits per heavy atom. The number of carbonyl (C=O) groups excluding carboxylic acids is 2. The van der Waals surface area contributed by atoms with Crippen molar-refractivity contribution in [2.24, 2.45) is 0 Å². The molecule has 2 fully saturated rings. The van der Waals surface area contributed by atoms with E-state index < -0.39 is 0 Å². The van der Waals surface area contributed by atoms with E-state index in [9.17, 15) is 9.59 Å². The van der Waals surface area contributed by atoms with E-state index in [1.165, 1.54) is 6.26 Å². The Labute approximate surface area is 176 Å². The van der Waals surface area contributed by atoms with Crippen molar-refractivity contribution < 1.29 is 18.7 Å². The van der Waals surface area contributed by atoms with E-state index in [0.717, 1.165) is 56.5 Å². The summed E-state index contributed by atoms with van der Waals surface area (Å²) in [6.07, 6.45) is 6.65. The Morgan fingerprint density at radius 1 is 0.967 bits per heavy atom. The van der Waals surface area contributed by atoms with Gasteiger partial charge in [-0.15, -0.1) is 0 Å². The van der Waals surface area contributed by atoms with Crippen molar-refractivity contribution >= 4 is 11.8 Å². The monoisotopic (exact) mass is 408 g/mol. The molecule has 1 atom stereocenters.